The highest BCUT2D eigenvalue weighted by Crippen LogP contribution is 2.27. The summed E-state index contributed by atoms with van der Waals surface area (Å²) >= 11 is 0.573. The zero-order valence-electron chi connectivity index (χ0n) is 11.6. The van der Waals surface area contributed by atoms with Gasteiger partial charge in [-0.1, -0.05) is 23.9 Å². The van der Waals surface area contributed by atoms with Gasteiger partial charge in [0.05, 0.1) is 6.10 Å². The first-order valence-corrected chi connectivity index (χ1v) is 7.91. The van der Waals surface area contributed by atoms with E-state index in [1.54, 1.807) is 12.1 Å². The lowest BCUT2D eigenvalue weighted by Gasteiger charge is -2.29. The Labute approximate surface area is 123 Å². The Morgan fingerprint density at radius 2 is 1.75 bits per heavy atom. The maximum Gasteiger partial charge on any atom is 0.288 e. The topological polar surface area (TPSA) is 32.3 Å². The number of alkyl halides is 2. The summed E-state index contributed by atoms with van der Waals surface area (Å²) in [5.41, 5.74) is 1.11. The van der Waals surface area contributed by atoms with E-state index < -0.39 is 5.76 Å². The summed E-state index contributed by atoms with van der Waals surface area (Å²) in [6.45, 7) is 2.08. The Balaban J connectivity index is 1.87. The van der Waals surface area contributed by atoms with Gasteiger partial charge in [-0.05, 0) is 50.3 Å². The number of aliphatic hydroxyl groups is 1. The first-order valence-electron chi connectivity index (χ1n) is 7.03. The van der Waals surface area contributed by atoms with Crippen molar-refractivity contribution in [3.8, 4) is 0 Å². The minimum absolute atomic E-state index is 0.144. The normalized spacial score (nSPS) is 24.9. The van der Waals surface area contributed by atoms with Crippen LogP contribution < -0.4 is 5.32 Å². The van der Waals surface area contributed by atoms with E-state index in [4.69, 9.17) is 0 Å². The summed E-state index contributed by atoms with van der Waals surface area (Å²) in [7, 11) is 0. The smallest absolute Gasteiger partial charge is 0.288 e. The molecule has 1 aromatic carbocycles. The van der Waals surface area contributed by atoms with Gasteiger partial charge in [0, 0.05) is 17.0 Å². The highest BCUT2D eigenvalue weighted by molar-refractivity contribution is 7.99. The lowest BCUT2D eigenvalue weighted by molar-refractivity contribution is 0.114. The second kappa shape index (κ2) is 7.38. The molecule has 0 aliphatic heterocycles. The predicted octanol–water partition coefficient (Wildman–Crippen LogP) is 3.96. The van der Waals surface area contributed by atoms with Crippen LogP contribution in [-0.2, 0) is 0 Å². The van der Waals surface area contributed by atoms with Crippen LogP contribution in [0.4, 0.5) is 8.78 Å². The van der Waals surface area contributed by atoms with Crippen molar-refractivity contribution in [2.45, 2.75) is 61.4 Å². The van der Waals surface area contributed by atoms with Crippen molar-refractivity contribution in [1.82, 2.24) is 5.32 Å². The number of rotatable bonds is 5. The molecule has 2 nitrogen and oxygen atoms in total. The number of aliphatic hydroxyl groups excluding tert-OH is 1. The number of benzene rings is 1. The summed E-state index contributed by atoms with van der Waals surface area (Å²) < 4.78 is 24.5. The maximum atomic E-state index is 12.3. The van der Waals surface area contributed by atoms with Crippen LogP contribution in [0, 0.1) is 0 Å². The van der Waals surface area contributed by atoms with Crippen molar-refractivity contribution in [2.24, 2.45) is 0 Å². The third-order valence-corrected chi connectivity index (χ3v) is 4.51. The minimum atomic E-state index is -2.37. The monoisotopic (exact) mass is 301 g/mol. The molecule has 0 saturated heterocycles. The molecule has 1 atom stereocenters. The molecule has 1 saturated carbocycles. The summed E-state index contributed by atoms with van der Waals surface area (Å²) in [5.74, 6) is -2.37. The van der Waals surface area contributed by atoms with Gasteiger partial charge in [-0.15, -0.1) is 0 Å². The fourth-order valence-corrected chi connectivity index (χ4v) is 3.13. The molecule has 1 fully saturated rings. The molecule has 0 heterocycles. The van der Waals surface area contributed by atoms with Crippen LogP contribution in [0.2, 0.25) is 0 Å². The van der Waals surface area contributed by atoms with E-state index in [0.29, 0.717) is 22.7 Å². The first-order chi connectivity index (χ1) is 9.54. The molecule has 20 heavy (non-hydrogen) atoms. The molecular weight excluding hydrogens is 280 g/mol. The third kappa shape index (κ3) is 4.72. The highest BCUT2D eigenvalue weighted by Gasteiger charge is 2.20. The molecule has 5 heteroatoms. The molecule has 0 spiro atoms. The van der Waals surface area contributed by atoms with Gasteiger partial charge in [-0.25, -0.2) is 0 Å². The van der Waals surface area contributed by atoms with Crippen molar-refractivity contribution in [3.63, 3.8) is 0 Å². The minimum Gasteiger partial charge on any atom is -0.393 e. The SMILES string of the molecule is C[C@@H](NC1CCC(O)CC1)c1ccc(SC(F)F)cc1. The van der Waals surface area contributed by atoms with Crippen LogP contribution in [0.5, 0.6) is 0 Å². The number of hydrogen-bond donors (Lipinski definition) is 2. The third-order valence-electron chi connectivity index (χ3n) is 3.79. The van der Waals surface area contributed by atoms with E-state index in [-0.39, 0.29) is 12.1 Å². The molecule has 0 radical (unpaired) electrons. The number of halogens is 2. The van der Waals surface area contributed by atoms with Crippen LogP contribution in [0.15, 0.2) is 29.2 Å². The number of thioether (sulfide) groups is 1. The van der Waals surface area contributed by atoms with Crippen molar-refractivity contribution < 1.29 is 13.9 Å². The standard InChI is InChI=1S/C15H21F2NOS/c1-10(18-12-4-6-13(19)7-5-12)11-2-8-14(9-3-11)20-15(16)17/h2-3,8-10,12-13,15,18-19H,4-7H2,1H3/t10-,12?,13?/m1/s1. The van der Waals surface area contributed by atoms with Gasteiger partial charge < -0.3 is 10.4 Å². The van der Waals surface area contributed by atoms with E-state index in [9.17, 15) is 13.9 Å². The molecule has 0 bridgehead atoms. The average Bonchev–Trinajstić information content (AvgIpc) is 2.41. The quantitative estimate of drug-likeness (QED) is 0.808. The summed E-state index contributed by atoms with van der Waals surface area (Å²) in [6, 6.07) is 7.92. The van der Waals surface area contributed by atoms with E-state index in [2.05, 4.69) is 12.2 Å². The second-order valence-corrected chi connectivity index (χ2v) is 6.40. The molecule has 0 unspecified atom stereocenters. The molecule has 112 valence electrons. The van der Waals surface area contributed by atoms with Gasteiger partial charge in [0.25, 0.3) is 5.76 Å². The summed E-state index contributed by atoms with van der Waals surface area (Å²) in [5, 5.41) is 13.0. The van der Waals surface area contributed by atoms with E-state index >= 15 is 0 Å². The van der Waals surface area contributed by atoms with Gasteiger partial charge >= 0.3 is 0 Å². The summed E-state index contributed by atoms with van der Waals surface area (Å²) in [6.07, 6.45) is 3.55. The van der Waals surface area contributed by atoms with Gasteiger partial charge in [0.1, 0.15) is 0 Å². The lowest BCUT2D eigenvalue weighted by atomic mass is 9.92. The fourth-order valence-electron chi connectivity index (χ4n) is 2.63. The van der Waals surface area contributed by atoms with Crippen molar-refractivity contribution in [1.29, 1.82) is 0 Å². The fraction of sp³-hybridized carbons (Fsp3) is 0.600. The Bertz CT molecular complexity index is 405. The molecule has 2 rings (SSSR count). The van der Waals surface area contributed by atoms with Gasteiger partial charge in [-0.3, -0.25) is 0 Å². The van der Waals surface area contributed by atoms with Gasteiger partial charge in [0.2, 0.25) is 0 Å². The maximum absolute atomic E-state index is 12.3. The number of hydrogen-bond acceptors (Lipinski definition) is 3. The van der Waals surface area contributed by atoms with E-state index in [0.717, 1.165) is 31.2 Å². The molecule has 1 aromatic rings. The Hall–Kier alpha value is -0.650. The molecular formula is C15H21F2NOS. The second-order valence-electron chi connectivity index (χ2n) is 5.34. The van der Waals surface area contributed by atoms with E-state index in [1.807, 2.05) is 12.1 Å². The Morgan fingerprint density at radius 3 is 2.30 bits per heavy atom. The predicted molar refractivity (Wildman–Crippen MR) is 78.1 cm³/mol. The lowest BCUT2D eigenvalue weighted by Crippen LogP contribution is -2.36. The van der Waals surface area contributed by atoms with Gasteiger partial charge in [-0.2, -0.15) is 8.78 Å². The van der Waals surface area contributed by atoms with Crippen LogP contribution >= 0.6 is 11.8 Å². The largest absolute Gasteiger partial charge is 0.393 e. The van der Waals surface area contributed by atoms with Crippen molar-refractivity contribution in [3.05, 3.63) is 29.8 Å². The molecule has 1 aliphatic carbocycles. The van der Waals surface area contributed by atoms with Crippen LogP contribution in [-0.4, -0.2) is 23.0 Å². The molecule has 0 amide bonds. The molecule has 1 aliphatic rings. The first kappa shape index (κ1) is 15.7. The highest BCUT2D eigenvalue weighted by atomic mass is 32.2. The average molecular weight is 301 g/mol. The summed E-state index contributed by atoms with van der Waals surface area (Å²) in [4.78, 5) is 0.594. The molecule has 2 N–H and O–H groups in total. The van der Waals surface area contributed by atoms with Gasteiger partial charge in [0.15, 0.2) is 0 Å². The van der Waals surface area contributed by atoms with Crippen molar-refractivity contribution in [2.75, 3.05) is 0 Å². The Kier molecular flexibility index (Phi) is 5.81. The zero-order chi connectivity index (χ0) is 14.5. The Morgan fingerprint density at radius 1 is 1.15 bits per heavy atom. The molecule has 0 aromatic heterocycles. The zero-order valence-corrected chi connectivity index (χ0v) is 12.4. The van der Waals surface area contributed by atoms with Crippen LogP contribution in [0.3, 0.4) is 0 Å². The van der Waals surface area contributed by atoms with E-state index in [1.165, 1.54) is 0 Å². The van der Waals surface area contributed by atoms with Crippen LogP contribution in [0.25, 0.3) is 0 Å². The number of nitrogens with one attached hydrogen (secondary N) is 1. The van der Waals surface area contributed by atoms with Crippen LogP contribution in [0.1, 0.15) is 44.2 Å². The van der Waals surface area contributed by atoms with Crippen molar-refractivity contribution >= 4 is 11.8 Å².